The predicted molar refractivity (Wildman–Crippen MR) is 464 cm³/mol. The summed E-state index contributed by atoms with van der Waals surface area (Å²) in [4.78, 5) is 0. The third-order valence-electron chi connectivity index (χ3n) is 22.7. The maximum atomic E-state index is 5.41. The first-order chi connectivity index (χ1) is 44.2. The first-order valence-corrected chi connectivity index (χ1v) is 41.9. The molecule has 606 valence electrons. The van der Waals surface area contributed by atoms with Gasteiger partial charge in [0, 0.05) is 34.0 Å². The lowest BCUT2D eigenvalue weighted by Crippen LogP contribution is -2.30. The van der Waals surface area contributed by atoms with Crippen LogP contribution in [0.25, 0.3) is 0 Å². The standard InChI is InChI=1S/C13H20.C12H24O.2C11H24.2C10H22O.C10H22.C9H20.C8H18.2CH4/c1-10(2)13(11(3)4)12-8-6-5-7-9-12;1-9(2)12(10(3)4)11-5-7-13-8-6-11;1-8(2)10(9(3)4)11(5,6)7;1-7-10(6)11(8(2)3)9(4)5;1-8(2)10(9(3)4)6-7-11-5;1-7(2)10(8(3)4)9(5)11-6;1-7(2)10(8(3)4)9(5)6;1-6-9(7(2)3)8(4)5;1-6(2)8(5)7(3)4;;/h5-11,13H,1-4H3;9-12H,5-8H2,1-4H3;8-10H,1-7H3;8-11H,7H2,1-6H3;8-10H,6-7H2,1-5H3;7-10H,1-6H3;7-10H,1-6H3;7-9H,6H2,1-5H3;6-8H,1-5H3;2*1H4. The Kier molecular flexibility index (Phi) is 77.0. The van der Waals surface area contributed by atoms with E-state index in [1.165, 1.54) is 37.7 Å². The number of hydrogen-bond donors (Lipinski definition) is 0. The molecule has 99 heavy (non-hydrogen) atoms. The van der Waals surface area contributed by atoms with Crippen molar-refractivity contribution in [3.05, 3.63) is 35.9 Å². The minimum atomic E-state index is 0. The molecule has 2 atom stereocenters. The SMILES string of the molecule is C.C.CC(C)C(C(C)C)C(C)(C)C.CC(C)C(C(C)C)C(C)C.CC(C)C(C(C)C)C1CCOCC1.CC(C)C(C)C(C)C.CC(C)C(c1ccccc1)C(C)C.CCC(C(C)C)C(C)C.CCC(C)C(C(C)C)C(C)C.COC(C)C(C(C)C)C(C)C.COCCC(C(C)C)C(C)C. The zero-order chi connectivity index (χ0) is 78.3. The van der Waals surface area contributed by atoms with Crippen molar-refractivity contribution in [3.63, 3.8) is 0 Å². The van der Waals surface area contributed by atoms with Crippen molar-refractivity contribution in [3.8, 4) is 0 Å². The van der Waals surface area contributed by atoms with Crippen LogP contribution in [-0.4, -0.2) is 40.1 Å². The van der Waals surface area contributed by atoms with E-state index in [9.17, 15) is 0 Å². The van der Waals surface area contributed by atoms with Crippen LogP contribution in [0.5, 0.6) is 0 Å². The highest BCUT2D eigenvalue weighted by Gasteiger charge is 2.31. The molecule has 1 aliphatic heterocycles. The number of benzene rings is 1. The van der Waals surface area contributed by atoms with Crippen LogP contribution in [0.1, 0.15) is 377 Å². The molecule has 3 nitrogen and oxygen atoms in total. The van der Waals surface area contributed by atoms with Crippen LogP contribution in [0.15, 0.2) is 30.3 Å². The molecule has 1 aromatic carbocycles. The first-order valence-electron chi connectivity index (χ1n) is 41.9. The minimum absolute atomic E-state index is 0. The van der Waals surface area contributed by atoms with Crippen molar-refractivity contribution >= 4 is 0 Å². The summed E-state index contributed by atoms with van der Waals surface area (Å²) in [5.74, 6) is 24.6. The summed E-state index contributed by atoms with van der Waals surface area (Å²) < 4.78 is 15.8. The molecular formula is C96H204O3. The van der Waals surface area contributed by atoms with E-state index in [4.69, 9.17) is 14.2 Å². The van der Waals surface area contributed by atoms with E-state index in [-0.39, 0.29) is 14.9 Å². The van der Waals surface area contributed by atoms with Crippen molar-refractivity contribution in [2.75, 3.05) is 34.0 Å². The van der Waals surface area contributed by atoms with Crippen molar-refractivity contribution < 1.29 is 14.2 Å². The van der Waals surface area contributed by atoms with E-state index in [2.05, 4.69) is 349 Å². The lowest BCUT2D eigenvalue weighted by molar-refractivity contribution is 0.0253. The maximum Gasteiger partial charge on any atom is 0.0576 e. The second-order valence-electron chi connectivity index (χ2n) is 38.4. The Morgan fingerprint density at radius 2 is 0.697 bits per heavy atom. The topological polar surface area (TPSA) is 27.7 Å². The Balaban J connectivity index is -0.000000132. The van der Waals surface area contributed by atoms with Gasteiger partial charge in [-0.3, -0.25) is 0 Å². The van der Waals surface area contributed by atoms with Gasteiger partial charge in [-0.1, -0.05) is 370 Å². The molecule has 1 aliphatic rings. The van der Waals surface area contributed by atoms with E-state index >= 15 is 0 Å². The zero-order valence-electron chi connectivity index (χ0n) is 76.7. The van der Waals surface area contributed by atoms with Crippen LogP contribution in [0, 0.1) is 177 Å². The molecule has 1 heterocycles. The van der Waals surface area contributed by atoms with E-state index in [1.54, 1.807) is 14.2 Å². The number of methoxy groups -OCH3 is 2. The first kappa shape index (κ1) is 117. The van der Waals surface area contributed by atoms with E-state index < -0.39 is 0 Å². The Labute approximate surface area is 635 Å². The van der Waals surface area contributed by atoms with Gasteiger partial charge in [-0.15, -0.1) is 0 Å². The number of ether oxygens (including phenoxy) is 3. The van der Waals surface area contributed by atoms with Crippen LogP contribution in [0.3, 0.4) is 0 Å². The average Bonchev–Trinajstić information content (AvgIpc) is 0.911. The van der Waals surface area contributed by atoms with Crippen molar-refractivity contribution in [1.82, 2.24) is 0 Å². The fraction of sp³-hybridized carbons (Fsp3) is 0.938. The molecule has 0 bridgehead atoms. The van der Waals surface area contributed by atoms with Gasteiger partial charge in [0.2, 0.25) is 0 Å². The molecule has 1 saturated heterocycles. The van der Waals surface area contributed by atoms with Crippen molar-refractivity contribution in [1.29, 1.82) is 0 Å². The van der Waals surface area contributed by atoms with E-state index in [0.717, 1.165) is 174 Å². The maximum absolute atomic E-state index is 5.41. The molecule has 2 unspecified atom stereocenters. The summed E-state index contributed by atoms with van der Waals surface area (Å²) in [7, 11) is 3.57. The van der Waals surface area contributed by atoms with Crippen LogP contribution in [0.4, 0.5) is 0 Å². The molecular weight excluding hydrogens is 1200 g/mol. The molecule has 0 spiro atoms. The van der Waals surface area contributed by atoms with Crippen LogP contribution in [-0.2, 0) is 14.2 Å². The van der Waals surface area contributed by atoms with Crippen LogP contribution < -0.4 is 0 Å². The van der Waals surface area contributed by atoms with Gasteiger partial charge in [0.05, 0.1) is 6.10 Å². The van der Waals surface area contributed by atoms with Gasteiger partial charge in [-0.25, -0.2) is 0 Å². The summed E-state index contributed by atoms with van der Waals surface area (Å²) >= 11 is 0. The molecule has 0 amide bonds. The monoisotopic (exact) mass is 1410 g/mol. The summed E-state index contributed by atoms with van der Waals surface area (Å²) in [5, 5.41) is 0. The molecule has 0 N–H and O–H groups in total. The largest absolute Gasteiger partial charge is 0.385 e. The van der Waals surface area contributed by atoms with Crippen molar-refractivity contribution in [2.24, 2.45) is 177 Å². The normalized spacial score (nSPS) is 13.7. The van der Waals surface area contributed by atoms with Gasteiger partial charge in [0.1, 0.15) is 0 Å². The smallest absolute Gasteiger partial charge is 0.0576 e. The minimum Gasteiger partial charge on any atom is -0.385 e. The van der Waals surface area contributed by atoms with Crippen molar-refractivity contribution in [2.45, 2.75) is 377 Å². The third kappa shape index (κ3) is 58.0. The fourth-order valence-electron chi connectivity index (χ4n) is 18.8. The average molecular weight is 1410 g/mol. The van der Waals surface area contributed by atoms with Crippen LogP contribution >= 0.6 is 0 Å². The molecule has 0 radical (unpaired) electrons. The number of hydrogen-bond acceptors (Lipinski definition) is 3. The third-order valence-corrected chi connectivity index (χ3v) is 22.7. The zero-order valence-corrected chi connectivity index (χ0v) is 76.7. The Morgan fingerprint density at radius 3 is 0.848 bits per heavy atom. The molecule has 2 rings (SSSR count). The quantitative estimate of drug-likeness (QED) is 0.0800. The molecule has 0 aliphatic carbocycles. The van der Waals surface area contributed by atoms with E-state index in [0.29, 0.717) is 35.2 Å². The van der Waals surface area contributed by atoms with E-state index in [1.807, 2.05) is 0 Å². The summed E-state index contributed by atoms with van der Waals surface area (Å²) in [6.45, 7) is 109. The van der Waals surface area contributed by atoms with Gasteiger partial charge in [0.15, 0.2) is 0 Å². The highest BCUT2D eigenvalue weighted by molar-refractivity contribution is 5.20. The molecule has 3 heteroatoms. The Morgan fingerprint density at radius 1 is 0.374 bits per heavy atom. The Hall–Kier alpha value is -0.900. The summed E-state index contributed by atoms with van der Waals surface area (Å²) in [5.41, 5.74) is 1.94. The van der Waals surface area contributed by atoms with Gasteiger partial charge < -0.3 is 14.2 Å². The van der Waals surface area contributed by atoms with Gasteiger partial charge >= 0.3 is 0 Å². The molecule has 1 aromatic rings. The Bertz CT molecular complexity index is 1630. The summed E-state index contributed by atoms with van der Waals surface area (Å²) in [6, 6.07) is 10.8. The molecule has 1 fully saturated rings. The number of rotatable bonds is 29. The highest BCUT2D eigenvalue weighted by atomic mass is 16.5. The van der Waals surface area contributed by atoms with Gasteiger partial charge in [-0.2, -0.15) is 0 Å². The summed E-state index contributed by atoms with van der Waals surface area (Å²) in [6.07, 6.45) is 6.79. The predicted octanol–water partition coefficient (Wildman–Crippen LogP) is 32.3. The van der Waals surface area contributed by atoms with Gasteiger partial charge in [-0.05, 0) is 215 Å². The molecule has 0 aromatic heterocycles. The lowest BCUT2D eigenvalue weighted by atomic mass is 9.69. The molecule has 0 saturated carbocycles. The van der Waals surface area contributed by atoms with Gasteiger partial charge in [0.25, 0.3) is 0 Å². The fourth-order valence-corrected chi connectivity index (χ4v) is 18.8. The lowest BCUT2D eigenvalue weighted by Gasteiger charge is -2.37. The second kappa shape index (κ2) is 65.4. The highest BCUT2D eigenvalue weighted by Crippen LogP contribution is 2.39. The second-order valence-corrected chi connectivity index (χ2v) is 38.4. The van der Waals surface area contributed by atoms with Crippen LogP contribution in [0.2, 0.25) is 0 Å².